The molecule has 0 spiro atoms. The van der Waals surface area contributed by atoms with Crippen molar-refractivity contribution in [2.24, 2.45) is 0 Å². The fraction of sp³-hybridized carbons (Fsp3) is 0.0800. The highest BCUT2D eigenvalue weighted by molar-refractivity contribution is 7.98. The van der Waals surface area contributed by atoms with Crippen molar-refractivity contribution in [1.82, 2.24) is 24.6 Å². The van der Waals surface area contributed by atoms with Crippen LogP contribution in [0.3, 0.4) is 0 Å². The smallest absolute Gasteiger partial charge is 0.258 e. The van der Waals surface area contributed by atoms with Crippen molar-refractivity contribution in [3.8, 4) is 22.5 Å². The van der Waals surface area contributed by atoms with Crippen LogP contribution in [0.2, 0.25) is 0 Å². The maximum Gasteiger partial charge on any atom is 0.258 e. The lowest BCUT2D eigenvalue weighted by molar-refractivity contribution is 0.849. The van der Waals surface area contributed by atoms with Crippen LogP contribution in [-0.4, -0.2) is 24.6 Å². The van der Waals surface area contributed by atoms with E-state index in [2.05, 4.69) is 15.2 Å². The van der Waals surface area contributed by atoms with Crippen molar-refractivity contribution in [2.45, 2.75) is 17.8 Å². The SMILES string of the molecule is Cc1ccc2nc(CSc3nnc(-c4ccccc4)c(-c4ccccc4)n3)cc(=O)n2c1. The monoisotopic (exact) mass is 437 g/mol. The third-order valence-electron chi connectivity index (χ3n) is 4.97. The van der Waals surface area contributed by atoms with Crippen molar-refractivity contribution in [2.75, 3.05) is 0 Å². The minimum absolute atomic E-state index is 0.0993. The predicted molar refractivity (Wildman–Crippen MR) is 126 cm³/mol. The number of benzene rings is 2. The minimum Gasteiger partial charge on any atom is -0.269 e. The molecule has 0 aliphatic rings. The maximum absolute atomic E-state index is 12.5. The molecular formula is C25H19N5OS. The molecule has 0 N–H and O–H groups in total. The van der Waals surface area contributed by atoms with Gasteiger partial charge in [-0.05, 0) is 18.6 Å². The molecular weight excluding hydrogens is 418 g/mol. The molecule has 7 heteroatoms. The summed E-state index contributed by atoms with van der Waals surface area (Å²) in [6.07, 6.45) is 1.79. The Morgan fingerprint density at radius 2 is 1.50 bits per heavy atom. The van der Waals surface area contributed by atoms with E-state index in [1.54, 1.807) is 16.7 Å². The Kier molecular flexibility index (Phi) is 5.47. The van der Waals surface area contributed by atoms with Gasteiger partial charge in [-0.25, -0.2) is 9.97 Å². The molecule has 0 unspecified atom stereocenters. The Labute approximate surface area is 189 Å². The first-order valence-electron chi connectivity index (χ1n) is 10.1. The number of hydrogen-bond acceptors (Lipinski definition) is 6. The first kappa shape index (κ1) is 20.1. The van der Waals surface area contributed by atoms with Gasteiger partial charge in [-0.2, -0.15) is 0 Å². The largest absolute Gasteiger partial charge is 0.269 e. The summed E-state index contributed by atoms with van der Waals surface area (Å²) in [6, 6.07) is 25.2. The summed E-state index contributed by atoms with van der Waals surface area (Å²) in [6.45, 7) is 1.95. The number of rotatable bonds is 5. The van der Waals surface area contributed by atoms with E-state index in [1.807, 2.05) is 79.7 Å². The van der Waals surface area contributed by atoms with Gasteiger partial charge in [0.2, 0.25) is 5.16 Å². The average Bonchev–Trinajstić information content (AvgIpc) is 2.84. The Morgan fingerprint density at radius 1 is 0.812 bits per heavy atom. The van der Waals surface area contributed by atoms with Crippen LogP contribution in [0.25, 0.3) is 28.2 Å². The summed E-state index contributed by atoms with van der Waals surface area (Å²) in [5.74, 6) is 0.472. The lowest BCUT2D eigenvalue weighted by Gasteiger charge is -2.09. The van der Waals surface area contributed by atoms with Crippen LogP contribution in [0.4, 0.5) is 0 Å². The van der Waals surface area contributed by atoms with E-state index in [-0.39, 0.29) is 5.56 Å². The molecule has 0 radical (unpaired) electrons. The van der Waals surface area contributed by atoms with Crippen molar-refractivity contribution in [3.63, 3.8) is 0 Å². The molecule has 156 valence electrons. The number of aryl methyl sites for hydroxylation is 1. The van der Waals surface area contributed by atoms with E-state index in [1.165, 1.54) is 11.8 Å². The molecule has 3 heterocycles. The summed E-state index contributed by atoms with van der Waals surface area (Å²) < 4.78 is 1.56. The zero-order chi connectivity index (χ0) is 21.9. The van der Waals surface area contributed by atoms with Crippen LogP contribution in [0.15, 0.2) is 95.0 Å². The van der Waals surface area contributed by atoms with Crippen molar-refractivity contribution < 1.29 is 0 Å². The molecule has 0 aliphatic carbocycles. The minimum atomic E-state index is -0.0993. The molecule has 3 aromatic heterocycles. The van der Waals surface area contributed by atoms with Crippen LogP contribution in [0, 0.1) is 6.92 Å². The van der Waals surface area contributed by atoms with Crippen LogP contribution >= 0.6 is 11.8 Å². The van der Waals surface area contributed by atoms with Crippen molar-refractivity contribution in [3.05, 3.63) is 107 Å². The number of nitrogens with zero attached hydrogens (tertiary/aromatic N) is 5. The van der Waals surface area contributed by atoms with Gasteiger partial charge in [0.1, 0.15) is 17.0 Å². The summed E-state index contributed by atoms with van der Waals surface area (Å²) in [5, 5.41) is 9.38. The van der Waals surface area contributed by atoms with Gasteiger partial charge in [0, 0.05) is 29.1 Å². The zero-order valence-electron chi connectivity index (χ0n) is 17.3. The van der Waals surface area contributed by atoms with Gasteiger partial charge >= 0.3 is 0 Å². The Morgan fingerprint density at radius 3 is 2.22 bits per heavy atom. The van der Waals surface area contributed by atoms with E-state index in [9.17, 15) is 4.79 Å². The van der Waals surface area contributed by atoms with E-state index in [4.69, 9.17) is 4.98 Å². The van der Waals surface area contributed by atoms with Gasteiger partial charge in [-0.3, -0.25) is 9.20 Å². The molecule has 0 aliphatic heterocycles. The van der Waals surface area contributed by atoms with Crippen LogP contribution in [-0.2, 0) is 5.75 Å². The Balaban J connectivity index is 1.48. The second-order valence-electron chi connectivity index (χ2n) is 7.33. The predicted octanol–water partition coefficient (Wildman–Crippen LogP) is 4.81. The highest BCUT2D eigenvalue weighted by atomic mass is 32.2. The topological polar surface area (TPSA) is 73.0 Å². The Hall–Kier alpha value is -3.84. The van der Waals surface area contributed by atoms with E-state index in [0.29, 0.717) is 22.3 Å². The molecule has 2 aromatic carbocycles. The number of thioether (sulfide) groups is 1. The van der Waals surface area contributed by atoms with Crippen LogP contribution in [0.1, 0.15) is 11.3 Å². The zero-order valence-corrected chi connectivity index (χ0v) is 18.2. The highest BCUT2D eigenvalue weighted by Crippen LogP contribution is 2.30. The third kappa shape index (κ3) is 4.15. The first-order chi connectivity index (χ1) is 15.7. The standard InChI is InChI=1S/C25H19N5OS/c1-17-12-13-21-26-20(14-22(31)30(21)15-17)16-32-25-27-23(18-8-4-2-5-9-18)24(28-29-25)19-10-6-3-7-11-19/h2-15H,16H2,1H3. The lowest BCUT2D eigenvalue weighted by Crippen LogP contribution is -2.15. The second kappa shape index (κ2) is 8.72. The fourth-order valence-electron chi connectivity index (χ4n) is 3.43. The van der Waals surface area contributed by atoms with Crippen LogP contribution in [0.5, 0.6) is 0 Å². The maximum atomic E-state index is 12.5. The summed E-state index contributed by atoms with van der Waals surface area (Å²) in [4.78, 5) is 21.9. The van der Waals surface area contributed by atoms with Gasteiger partial charge in [0.25, 0.3) is 5.56 Å². The van der Waals surface area contributed by atoms with Crippen LogP contribution < -0.4 is 5.56 Å². The summed E-state index contributed by atoms with van der Waals surface area (Å²) in [5.41, 5.74) is 5.66. The number of aromatic nitrogens is 5. The van der Waals surface area contributed by atoms with Crippen molar-refractivity contribution in [1.29, 1.82) is 0 Å². The molecule has 0 saturated heterocycles. The highest BCUT2D eigenvalue weighted by Gasteiger charge is 2.14. The van der Waals surface area contributed by atoms with E-state index < -0.39 is 0 Å². The molecule has 0 atom stereocenters. The molecule has 0 saturated carbocycles. The van der Waals surface area contributed by atoms with E-state index in [0.717, 1.165) is 28.1 Å². The molecule has 0 amide bonds. The molecule has 0 bridgehead atoms. The van der Waals surface area contributed by atoms with Gasteiger partial charge < -0.3 is 0 Å². The molecule has 5 rings (SSSR count). The van der Waals surface area contributed by atoms with E-state index >= 15 is 0 Å². The molecule has 6 nitrogen and oxygen atoms in total. The molecule has 32 heavy (non-hydrogen) atoms. The van der Waals surface area contributed by atoms with Crippen molar-refractivity contribution >= 4 is 17.4 Å². The average molecular weight is 438 g/mol. The normalized spacial score (nSPS) is 11.0. The van der Waals surface area contributed by atoms with Gasteiger partial charge in [-0.1, -0.05) is 78.5 Å². The number of hydrogen-bond donors (Lipinski definition) is 0. The Bertz CT molecular complexity index is 1450. The quantitative estimate of drug-likeness (QED) is 0.367. The lowest BCUT2D eigenvalue weighted by atomic mass is 10.0. The summed E-state index contributed by atoms with van der Waals surface area (Å²) >= 11 is 1.41. The first-order valence-corrected chi connectivity index (χ1v) is 11.1. The summed E-state index contributed by atoms with van der Waals surface area (Å²) in [7, 11) is 0. The second-order valence-corrected chi connectivity index (χ2v) is 8.28. The van der Waals surface area contributed by atoms with Gasteiger partial charge in [0.05, 0.1) is 5.69 Å². The van der Waals surface area contributed by atoms with Gasteiger partial charge in [0.15, 0.2) is 0 Å². The third-order valence-corrected chi connectivity index (χ3v) is 5.84. The van der Waals surface area contributed by atoms with Gasteiger partial charge in [-0.15, -0.1) is 10.2 Å². The molecule has 0 fully saturated rings. The fourth-order valence-corrected chi connectivity index (χ4v) is 4.11. The number of fused-ring (bicyclic) bond motifs is 1. The molecule has 5 aromatic rings. The number of pyridine rings is 1.